The van der Waals surface area contributed by atoms with Crippen LogP contribution in [0.1, 0.15) is 63.6 Å². The molecule has 3 rings (SSSR count). The second-order valence-corrected chi connectivity index (χ2v) is 8.76. The molecule has 0 bridgehead atoms. The number of rotatable bonds is 4. The molecular formula is C15H27N5O2S. The maximum Gasteiger partial charge on any atom is 0.282 e. The van der Waals surface area contributed by atoms with Crippen molar-refractivity contribution in [2.45, 2.75) is 71.0 Å². The van der Waals surface area contributed by atoms with E-state index < -0.39 is 10.2 Å². The minimum absolute atomic E-state index is 0.0586. The Morgan fingerprint density at radius 2 is 1.91 bits per heavy atom. The number of nitrogens with zero attached hydrogens (tertiary/aromatic N) is 5. The molecule has 3 heterocycles. The van der Waals surface area contributed by atoms with E-state index in [9.17, 15) is 8.42 Å². The van der Waals surface area contributed by atoms with Gasteiger partial charge in [-0.05, 0) is 39.5 Å². The number of aromatic nitrogens is 3. The van der Waals surface area contributed by atoms with Gasteiger partial charge in [-0.25, -0.2) is 0 Å². The van der Waals surface area contributed by atoms with E-state index in [0.29, 0.717) is 6.54 Å². The minimum Gasteiger partial charge on any atom is -0.314 e. The van der Waals surface area contributed by atoms with Crippen LogP contribution in [0.15, 0.2) is 0 Å². The molecular weight excluding hydrogens is 314 g/mol. The van der Waals surface area contributed by atoms with Crippen LogP contribution >= 0.6 is 0 Å². The predicted molar refractivity (Wildman–Crippen MR) is 88.1 cm³/mol. The Bertz CT molecular complexity index is 655. The van der Waals surface area contributed by atoms with Crippen LogP contribution in [-0.2, 0) is 23.2 Å². The third-order valence-corrected chi connectivity index (χ3v) is 7.21. The van der Waals surface area contributed by atoms with Gasteiger partial charge in [-0.15, -0.1) is 10.2 Å². The molecule has 0 radical (unpaired) electrons. The molecule has 8 heteroatoms. The fraction of sp³-hybridized carbons (Fsp3) is 0.867. The first-order valence-electron chi connectivity index (χ1n) is 8.59. The molecule has 130 valence electrons. The SMILES string of the molecule is CC(C)N(C)S(=O)(=O)N1CCC[C@H]1c1nnc2n1CCCCC2. The van der Waals surface area contributed by atoms with Crippen molar-refractivity contribution in [3.05, 3.63) is 11.6 Å². The second kappa shape index (κ2) is 6.49. The molecule has 0 saturated carbocycles. The fourth-order valence-electron chi connectivity index (χ4n) is 3.46. The van der Waals surface area contributed by atoms with Gasteiger partial charge in [-0.2, -0.15) is 17.0 Å². The summed E-state index contributed by atoms with van der Waals surface area (Å²) in [6.45, 7) is 5.26. The van der Waals surface area contributed by atoms with E-state index >= 15 is 0 Å². The summed E-state index contributed by atoms with van der Waals surface area (Å²) in [5.41, 5.74) is 0. The quantitative estimate of drug-likeness (QED) is 0.836. The lowest BCUT2D eigenvalue weighted by atomic mass is 10.2. The number of aryl methyl sites for hydroxylation is 1. The highest BCUT2D eigenvalue weighted by molar-refractivity contribution is 7.86. The highest BCUT2D eigenvalue weighted by Crippen LogP contribution is 2.35. The van der Waals surface area contributed by atoms with E-state index in [-0.39, 0.29) is 12.1 Å². The average Bonchev–Trinajstić information content (AvgIpc) is 3.08. The fourth-order valence-corrected chi connectivity index (χ4v) is 5.21. The van der Waals surface area contributed by atoms with E-state index in [1.54, 1.807) is 11.4 Å². The first-order chi connectivity index (χ1) is 10.9. The van der Waals surface area contributed by atoms with E-state index in [0.717, 1.165) is 50.3 Å². The van der Waals surface area contributed by atoms with Crippen molar-refractivity contribution in [1.29, 1.82) is 0 Å². The third-order valence-electron chi connectivity index (χ3n) is 5.03. The lowest BCUT2D eigenvalue weighted by Crippen LogP contribution is -2.44. The smallest absolute Gasteiger partial charge is 0.282 e. The van der Waals surface area contributed by atoms with Crippen LogP contribution in [0.3, 0.4) is 0 Å². The normalized spacial score (nSPS) is 23.4. The first kappa shape index (κ1) is 16.9. The van der Waals surface area contributed by atoms with Gasteiger partial charge in [-0.3, -0.25) is 0 Å². The molecule has 0 aromatic carbocycles. The topological polar surface area (TPSA) is 71.3 Å². The summed E-state index contributed by atoms with van der Waals surface area (Å²) in [6.07, 6.45) is 6.09. The Balaban J connectivity index is 1.92. The summed E-state index contributed by atoms with van der Waals surface area (Å²) < 4.78 is 31.1. The van der Waals surface area contributed by atoms with Crippen molar-refractivity contribution in [1.82, 2.24) is 23.4 Å². The zero-order chi connectivity index (χ0) is 16.6. The molecule has 0 aliphatic carbocycles. The van der Waals surface area contributed by atoms with Crippen molar-refractivity contribution >= 4 is 10.2 Å². The Kier molecular flexibility index (Phi) is 4.75. The van der Waals surface area contributed by atoms with Gasteiger partial charge < -0.3 is 4.57 Å². The standard InChI is InChI=1S/C15H27N5O2S/c1-12(2)18(3)23(21,22)20-11-7-8-13(20)15-17-16-14-9-5-4-6-10-19(14)15/h12-13H,4-11H2,1-3H3/t13-/m0/s1. The molecule has 1 fully saturated rings. The van der Waals surface area contributed by atoms with Gasteiger partial charge in [0.05, 0.1) is 6.04 Å². The van der Waals surface area contributed by atoms with E-state index in [1.165, 1.54) is 10.7 Å². The summed E-state index contributed by atoms with van der Waals surface area (Å²) in [4.78, 5) is 0. The number of hydrogen-bond donors (Lipinski definition) is 0. The minimum atomic E-state index is -3.46. The van der Waals surface area contributed by atoms with Crippen LogP contribution < -0.4 is 0 Å². The summed E-state index contributed by atoms with van der Waals surface area (Å²) in [5, 5.41) is 8.71. The highest BCUT2D eigenvalue weighted by atomic mass is 32.2. The van der Waals surface area contributed by atoms with Crippen LogP contribution in [-0.4, -0.2) is 51.4 Å². The molecule has 23 heavy (non-hydrogen) atoms. The molecule has 2 aliphatic rings. The summed E-state index contributed by atoms with van der Waals surface area (Å²) in [7, 11) is -1.81. The van der Waals surface area contributed by atoms with Crippen LogP contribution in [0.5, 0.6) is 0 Å². The summed E-state index contributed by atoms with van der Waals surface area (Å²) in [5.74, 6) is 1.85. The summed E-state index contributed by atoms with van der Waals surface area (Å²) >= 11 is 0. The van der Waals surface area contributed by atoms with Gasteiger partial charge in [0.1, 0.15) is 5.82 Å². The molecule has 1 aromatic rings. The Hall–Kier alpha value is -0.990. The number of fused-ring (bicyclic) bond motifs is 1. The average molecular weight is 341 g/mol. The zero-order valence-electron chi connectivity index (χ0n) is 14.3. The molecule has 0 amide bonds. The van der Waals surface area contributed by atoms with Gasteiger partial charge in [0, 0.05) is 32.6 Å². The van der Waals surface area contributed by atoms with Crippen molar-refractivity contribution in [2.75, 3.05) is 13.6 Å². The first-order valence-corrected chi connectivity index (χ1v) is 9.99. The molecule has 7 nitrogen and oxygen atoms in total. The zero-order valence-corrected chi connectivity index (χ0v) is 15.1. The Morgan fingerprint density at radius 3 is 2.65 bits per heavy atom. The van der Waals surface area contributed by atoms with Gasteiger partial charge in [0.25, 0.3) is 10.2 Å². The van der Waals surface area contributed by atoms with Crippen molar-refractivity contribution in [3.63, 3.8) is 0 Å². The lowest BCUT2D eigenvalue weighted by molar-refractivity contribution is 0.314. The highest BCUT2D eigenvalue weighted by Gasteiger charge is 2.41. The van der Waals surface area contributed by atoms with Gasteiger partial charge in [0.2, 0.25) is 0 Å². The van der Waals surface area contributed by atoms with E-state index in [1.807, 2.05) is 13.8 Å². The number of hydrogen-bond acceptors (Lipinski definition) is 4. The Labute approximate surface area is 138 Å². The molecule has 0 spiro atoms. The third kappa shape index (κ3) is 3.04. The predicted octanol–water partition coefficient (Wildman–Crippen LogP) is 1.73. The molecule has 2 aliphatic heterocycles. The molecule has 1 aromatic heterocycles. The van der Waals surface area contributed by atoms with Gasteiger partial charge in [0.15, 0.2) is 5.82 Å². The van der Waals surface area contributed by atoms with E-state index in [4.69, 9.17) is 0 Å². The van der Waals surface area contributed by atoms with Crippen molar-refractivity contribution in [2.24, 2.45) is 0 Å². The van der Waals surface area contributed by atoms with Gasteiger partial charge in [-0.1, -0.05) is 6.42 Å². The van der Waals surface area contributed by atoms with Crippen molar-refractivity contribution in [3.8, 4) is 0 Å². The second-order valence-electron chi connectivity index (χ2n) is 6.82. The largest absolute Gasteiger partial charge is 0.314 e. The van der Waals surface area contributed by atoms with Crippen molar-refractivity contribution < 1.29 is 8.42 Å². The van der Waals surface area contributed by atoms with Crippen LogP contribution in [0.25, 0.3) is 0 Å². The maximum absolute atomic E-state index is 12.9. The molecule has 1 saturated heterocycles. The lowest BCUT2D eigenvalue weighted by Gasteiger charge is -2.30. The van der Waals surface area contributed by atoms with Crippen LogP contribution in [0, 0.1) is 0 Å². The van der Waals surface area contributed by atoms with E-state index in [2.05, 4.69) is 14.8 Å². The summed E-state index contributed by atoms with van der Waals surface area (Å²) in [6, 6.07) is -0.239. The Morgan fingerprint density at radius 1 is 1.13 bits per heavy atom. The maximum atomic E-state index is 12.9. The van der Waals surface area contributed by atoms with Crippen LogP contribution in [0.4, 0.5) is 0 Å². The monoisotopic (exact) mass is 341 g/mol. The van der Waals surface area contributed by atoms with Crippen LogP contribution in [0.2, 0.25) is 0 Å². The van der Waals surface area contributed by atoms with Gasteiger partial charge >= 0.3 is 0 Å². The molecule has 1 atom stereocenters. The molecule has 0 N–H and O–H groups in total. The molecule has 0 unspecified atom stereocenters.